The largest absolute Gasteiger partial charge is 0.444 e. The number of carbonyl (C=O) groups excluding carboxylic acids is 1. The summed E-state index contributed by atoms with van der Waals surface area (Å²) < 4.78 is 10.9. The smallest absolute Gasteiger partial charge is 0.408 e. The van der Waals surface area contributed by atoms with Crippen molar-refractivity contribution in [3.05, 3.63) is 35.4 Å². The van der Waals surface area contributed by atoms with E-state index in [1.165, 1.54) is 0 Å². The third-order valence-corrected chi connectivity index (χ3v) is 3.83. The molecule has 1 amide bonds. The fourth-order valence-electron chi connectivity index (χ4n) is 2.35. The molecule has 7 nitrogen and oxygen atoms in total. The van der Waals surface area contributed by atoms with Crippen molar-refractivity contribution < 1.29 is 14.3 Å². The maximum atomic E-state index is 12.0. The van der Waals surface area contributed by atoms with Gasteiger partial charge in [0, 0.05) is 20.1 Å². The van der Waals surface area contributed by atoms with E-state index in [0.717, 1.165) is 11.1 Å². The molecule has 0 aliphatic heterocycles. The van der Waals surface area contributed by atoms with Crippen LogP contribution in [0.1, 0.15) is 59.6 Å². The minimum absolute atomic E-state index is 0.222. The van der Waals surface area contributed by atoms with E-state index in [9.17, 15) is 4.79 Å². The van der Waals surface area contributed by atoms with E-state index in [2.05, 4.69) is 45.2 Å². The van der Waals surface area contributed by atoms with Crippen LogP contribution in [0.3, 0.4) is 0 Å². The molecular weight excluding hydrogens is 368 g/mol. The van der Waals surface area contributed by atoms with E-state index < -0.39 is 17.2 Å². The summed E-state index contributed by atoms with van der Waals surface area (Å²) >= 11 is 0. The number of amides is 1. The molecule has 7 heteroatoms. The highest BCUT2D eigenvalue weighted by molar-refractivity contribution is 5.79. The second-order valence-electron chi connectivity index (χ2n) is 8.97. The summed E-state index contributed by atoms with van der Waals surface area (Å²) in [6.45, 7) is 15.2. The zero-order chi connectivity index (χ0) is 22.1. The van der Waals surface area contributed by atoms with Crippen molar-refractivity contribution in [2.75, 3.05) is 13.6 Å². The highest BCUT2D eigenvalue weighted by atomic mass is 16.6. The third-order valence-electron chi connectivity index (χ3n) is 3.83. The zero-order valence-electron chi connectivity index (χ0n) is 19.2. The van der Waals surface area contributed by atoms with E-state index >= 15 is 0 Å². The van der Waals surface area contributed by atoms with Crippen LogP contribution < -0.4 is 16.0 Å². The van der Waals surface area contributed by atoms with E-state index in [1.54, 1.807) is 7.05 Å². The standard InChI is InChI=1S/C22H38N4O3/c1-16(2)28-14-18-11-9-17(10-12-18)13-24-19(23-8)25-15-22(6,7)26-20(27)29-21(3,4)5/h9-12,16H,13-15H2,1-8H3,(H,26,27)(H2,23,24,25). The monoisotopic (exact) mass is 406 g/mol. The summed E-state index contributed by atoms with van der Waals surface area (Å²) in [4.78, 5) is 16.2. The predicted molar refractivity (Wildman–Crippen MR) is 118 cm³/mol. The number of ether oxygens (including phenoxy) is 2. The molecule has 164 valence electrons. The van der Waals surface area contributed by atoms with Crippen LogP contribution >= 0.6 is 0 Å². The van der Waals surface area contributed by atoms with Crippen molar-refractivity contribution >= 4 is 12.1 Å². The SMILES string of the molecule is CN=C(NCc1ccc(COC(C)C)cc1)NCC(C)(C)NC(=O)OC(C)(C)C. The molecule has 0 saturated heterocycles. The van der Waals surface area contributed by atoms with Gasteiger partial charge in [-0.3, -0.25) is 4.99 Å². The van der Waals surface area contributed by atoms with Crippen molar-refractivity contribution in [2.24, 2.45) is 4.99 Å². The Balaban J connectivity index is 2.46. The van der Waals surface area contributed by atoms with Gasteiger partial charge in [-0.25, -0.2) is 4.79 Å². The lowest BCUT2D eigenvalue weighted by Crippen LogP contribution is -2.54. The molecule has 0 unspecified atom stereocenters. The molecule has 0 aromatic heterocycles. The summed E-state index contributed by atoms with van der Waals surface area (Å²) in [6, 6.07) is 8.30. The van der Waals surface area contributed by atoms with Crippen LogP contribution in [0, 0.1) is 0 Å². The summed E-state index contributed by atoms with van der Waals surface area (Å²) in [6.07, 6.45) is -0.214. The van der Waals surface area contributed by atoms with Gasteiger partial charge in [-0.2, -0.15) is 0 Å². The lowest BCUT2D eigenvalue weighted by molar-refractivity contribution is 0.0474. The number of hydrogen-bond acceptors (Lipinski definition) is 4. The van der Waals surface area contributed by atoms with Crippen molar-refractivity contribution in [1.82, 2.24) is 16.0 Å². The maximum absolute atomic E-state index is 12.0. The number of carbonyl (C=O) groups is 1. The first-order chi connectivity index (χ1) is 13.4. The molecule has 1 aromatic rings. The fourth-order valence-corrected chi connectivity index (χ4v) is 2.35. The highest BCUT2D eigenvalue weighted by Crippen LogP contribution is 2.09. The molecule has 1 rings (SSSR count). The fraction of sp³-hybridized carbons (Fsp3) is 0.636. The van der Waals surface area contributed by atoms with Gasteiger partial charge in [-0.1, -0.05) is 24.3 Å². The average Bonchev–Trinajstić information content (AvgIpc) is 2.58. The summed E-state index contributed by atoms with van der Waals surface area (Å²) in [7, 11) is 1.72. The molecule has 0 saturated carbocycles. The second kappa shape index (κ2) is 11.0. The Labute approximate surface area is 175 Å². The molecule has 0 aliphatic carbocycles. The predicted octanol–water partition coefficient (Wildman–Crippen LogP) is 3.58. The van der Waals surface area contributed by atoms with Crippen molar-refractivity contribution in [3.63, 3.8) is 0 Å². The first-order valence-corrected chi connectivity index (χ1v) is 10.1. The van der Waals surface area contributed by atoms with Crippen LogP contribution in [0.15, 0.2) is 29.3 Å². The molecule has 0 aliphatic rings. The molecule has 0 spiro atoms. The van der Waals surface area contributed by atoms with E-state index in [1.807, 2.05) is 48.5 Å². The van der Waals surface area contributed by atoms with Gasteiger partial charge in [-0.15, -0.1) is 0 Å². The van der Waals surface area contributed by atoms with Crippen molar-refractivity contribution in [2.45, 2.75) is 78.9 Å². The van der Waals surface area contributed by atoms with Gasteiger partial charge in [-0.05, 0) is 59.6 Å². The lowest BCUT2D eigenvalue weighted by atomic mass is 10.1. The van der Waals surface area contributed by atoms with E-state index in [-0.39, 0.29) is 6.10 Å². The van der Waals surface area contributed by atoms with Gasteiger partial charge in [0.2, 0.25) is 0 Å². The molecule has 1 aromatic carbocycles. The van der Waals surface area contributed by atoms with Gasteiger partial charge in [0.15, 0.2) is 5.96 Å². The molecule has 0 radical (unpaired) electrons. The Kier molecular flexibility index (Phi) is 9.43. The van der Waals surface area contributed by atoms with Crippen LogP contribution in [-0.2, 0) is 22.6 Å². The molecule has 0 heterocycles. The van der Waals surface area contributed by atoms with Crippen molar-refractivity contribution in [1.29, 1.82) is 0 Å². The number of aliphatic imine (C=N–C) groups is 1. The molecule has 3 N–H and O–H groups in total. The summed E-state index contributed by atoms with van der Waals surface area (Å²) in [5.41, 5.74) is 1.27. The number of rotatable bonds is 8. The average molecular weight is 407 g/mol. The second-order valence-corrected chi connectivity index (χ2v) is 8.97. The topological polar surface area (TPSA) is 84.0 Å². The number of alkyl carbamates (subject to hydrolysis) is 1. The summed E-state index contributed by atoms with van der Waals surface area (Å²) in [5.74, 6) is 0.663. The Hall–Kier alpha value is -2.28. The molecule has 0 fully saturated rings. The van der Waals surface area contributed by atoms with Crippen molar-refractivity contribution in [3.8, 4) is 0 Å². The number of benzene rings is 1. The zero-order valence-corrected chi connectivity index (χ0v) is 19.2. The molecule has 0 bridgehead atoms. The van der Waals surface area contributed by atoms with Crippen LogP contribution in [0.25, 0.3) is 0 Å². The highest BCUT2D eigenvalue weighted by Gasteiger charge is 2.24. The number of guanidine groups is 1. The Morgan fingerprint density at radius 3 is 2.14 bits per heavy atom. The Bertz CT molecular complexity index is 662. The number of hydrogen-bond donors (Lipinski definition) is 3. The van der Waals surface area contributed by atoms with Gasteiger partial charge in [0.25, 0.3) is 0 Å². The Morgan fingerprint density at radius 2 is 1.62 bits per heavy atom. The first-order valence-electron chi connectivity index (χ1n) is 10.1. The summed E-state index contributed by atoms with van der Waals surface area (Å²) in [5, 5.41) is 9.40. The van der Waals surface area contributed by atoms with Gasteiger partial charge >= 0.3 is 6.09 Å². The van der Waals surface area contributed by atoms with E-state index in [0.29, 0.717) is 25.7 Å². The van der Waals surface area contributed by atoms with Gasteiger partial charge < -0.3 is 25.4 Å². The Morgan fingerprint density at radius 1 is 1.03 bits per heavy atom. The number of nitrogens with zero attached hydrogens (tertiary/aromatic N) is 1. The quantitative estimate of drug-likeness (QED) is 0.454. The van der Waals surface area contributed by atoms with Crippen LogP contribution in [0.5, 0.6) is 0 Å². The molecule has 0 atom stereocenters. The minimum atomic E-state index is -0.526. The van der Waals surface area contributed by atoms with Crippen LogP contribution in [0.4, 0.5) is 4.79 Å². The molecule has 29 heavy (non-hydrogen) atoms. The lowest BCUT2D eigenvalue weighted by Gasteiger charge is -2.29. The molecular formula is C22H38N4O3. The van der Waals surface area contributed by atoms with Crippen LogP contribution in [-0.4, -0.2) is 42.9 Å². The van der Waals surface area contributed by atoms with Gasteiger partial charge in [0.05, 0.1) is 18.2 Å². The van der Waals surface area contributed by atoms with Gasteiger partial charge in [0.1, 0.15) is 5.60 Å². The first kappa shape index (κ1) is 24.8. The number of nitrogens with one attached hydrogen (secondary N) is 3. The third kappa shape index (κ3) is 11.3. The normalized spacial score (nSPS) is 12.7. The maximum Gasteiger partial charge on any atom is 0.408 e. The van der Waals surface area contributed by atoms with Crippen LogP contribution in [0.2, 0.25) is 0 Å². The van der Waals surface area contributed by atoms with E-state index in [4.69, 9.17) is 9.47 Å². The minimum Gasteiger partial charge on any atom is -0.444 e.